The van der Waals surface area contributed by atoms with Crippen molar-refractivity contribution in [2.75, 3.05) is 11.9 Å². The van der Waals surface area contributed by atoms with Crippen LogP contribution in [0.15, 0.2) is 53.7 Å². The molecule has 0 radical (unpaired) electrons. The first kappa shape index (κ1) is 20.7. The molecule has 1 unspecified atom stereocenters. The second kappa shape index (κ2) is 8.05. The first-order chi connectivity index (χ1) is 16.0. The van der Waals surface area contributed by atoms with Crippen LogP contribution in [-0.2, 0) is 4.79 Å². The molecule has 2 heterocycles. The molecular formula is C23H21N5O5. The molecule has 0 saturated carbocycles. The molecule has 0 spiro atoms. The number of carbonyl (C=O) groups excluding carboxylic acids is 1. The number of ether oxygens (including phenoxy) is 1. The number of Topliss-reactive ketones (excluding diaryl/α,β-unsaturated/α-hetero) is 1. The third-order valence-electron chi connectivity index (χ3n) is 5.78. The number of nitro benzene ring substituents is 1. The van der Waals surface area contributed by atoms with Crippen molar-refractivity contribution in [2.45, 2.75) is 32.2 Å². The third kappa shape index (κ3) is 3.59. The van der Waals surface area contributed by atoms with Crippen molar-refractivity contribution in [1.29, 1.82) is 0 Å². The van der Waals surface area contributed by atoms with Crippen molar-refractivity contribution < 1.29 is 19.6 Å². The summed E-state index contributed by atoms with van der Waals surface area (Å²) in [7, 11) is 0. The van der Waals surface area contributed by atoms with Crippen molar-refractivity contribution in [3.63, 3.8) is 0 Å². The van der Waals surface area contributed by atoms with E-state index in [4.69, 9.17) is 4.74 Å². The average molecular weight is 447 g/mol. The number of aromatic hydroxyl groups is 1. The lowest BCUT2D eigenvalue weighted by Crippen LogP contribution is -2.31. The first-order valence-electron chi connectivity index (χ1n) is 10.7. The quantitative estimate of drug-likeness (QED) is 0.443. The van der Waals surface area contributed by atoms with E-state index in [0.29, 0.717) is 48.1 Å². The summed E-state index contributed by atoms with van der Waals surface area (Å²) in [5.74, 6) is 1.11. The lowest BCUT2D eigenvalue weighted by Gasteiger charge is -2.32. The lowest BCUT2D eigenvalue weighted by atomic mass is 9.85. The van der Waals surface area contributed by atoms with Gasteiger partial charge in [0.25, 0.3) is 5.69 Å². The summed E-state index contributed by atoms with van der Waals surface area (Å²) in [6.07, 6.45) is 1.88. The Bertz CT molecular complexity index is 1310. The summed E-state index contributed by atoms with van der Waals surface area (Å²) < 4.78 is 7.18. The highest BCUT2D eigenvalue weighted by molar-refractivity contribution is 5.99. The number of aromatic nitrogens is 3. The Hall–Kier alpha value is -4.21. The van der Waals surface area contributed by atoms with Gasteiger partial charge in [-0.25, -0.2) is 4.68 Å². The Morgan fingerprint density at radius 2 is 2.12 bits per heavy atom. The minimum Gasteiger partial charge on any atom is -0.504 e. The van der Waals surface area contributed by atoms with Crippen LogP contribution >= 0.6 is 0 Å². The van der Waals surface area contributed by atoms with Gasteiger partial charge in [-0.1, -0.05) is 18.2 Å². The zero-order valence-electron chi connectivity index (χ0n) is 17.8. The third-order valence-corrected chi connectivity index (χ3v) is 5.78. The van der Waals surface area contributed by atoms with Crippen molar-refractivity contribution in [2.24, 2.45) is 0 Å². The number of carbonyl (C=O) groups is 1. The smallest absolute Gasteiger partial charge is 0.270 e. The maximum atomic E-state index is 13.0. The highest BCUT2D eigenvalue weighted by atomic mass is 16.6. The van der Waals surface area contributed by atoms with Crippen LogP contribution in [0.2, 0.25) is 0 Å². The van der Waals surface area contributed by atoms with Gasteiger partial charge in [0, 0.05) is 35.4 Å². The number of phenolic OH excluding ortho intramolecular Hbond substituents is 1. The topological polar surface area (TPSA) is 132 Å². The van der Waals surface area contributed by atoms with Crippen LogP contribution in [0.3, 0.4) is 0 Å². The molecule has 0 saturated heterocycles. The van der Waals surface area contributed by atoms with Gasteiger partial charge in [0.1, 0.15) is 6.04 Å². The van der Waals surface area contributed by atoms with E-state index in [1.807, 2.05) is 6.92 Å². The number of ketones is 1. The van der Waals surface area contributed by atoms with Crippen LogP contribution in [-0.4, -0.2) is 37.2 Å². The highest BCUT2D eigenvalue weighted by Gasteiger charge is 2.37. The summed E-state index contributed by atoms with van der Waals surface area (Å²) in [5.41, 5.74) is 2.57. The highest BCUT2D eigenvalue weighted by Crippen LogP contribution is 2.42. The maximum absolute atomic E-state index is 13.0. The van der Waals surface area contributed by atoms with Crippen LogP contribution in [0.1, 0.15) is 37.8 Å². The molecule has 1 atom stereocenters. The number of allylic oxidation sites excluding steroid dienone is 2. The first-order valence-corrected chi connectivity index (χ1v) is 10.7. The minimum absolute atomic E-state index is 0.00908. The summed E-state index contributed by atoms with van der Waals surface area (Å²) in [6, 6.07) is 10.5. The van der Waals surface area contributed by atoms with Gasteiger partial charge in [0.05, 0.1) is 11.5 Å². The molecule has 0 fully saturated rings. The van der Waals surface area contributed by atoms with E-state index >= 15 is 0 Å². The largest absolute Gasteiger partial charge is 0.504 e. The molecule has 168 valence electrons. The number of nitrogens with zero attached hydrogens (tertiary/aromatic N) is 4. The standard InChI is InChI=1S/C23H21N5O5/c1-2-33-19-12-13(9-10-17(19)29)21-20-16(7-4-8-18(20)30)24-23-25-22(26-27(21)23)14-5-3-6-15(11-14)28(31)32/h3,5-6,9-12,21,29H,2,4,7-8H2,1H3,(H,24,25,26). The Labute approximate surface area is 188 Å². The van der Waals surface area contributed by atoms with Crippen LogP contribution in [0, 0.1) is 10.1 Å². The summed E-state index contributed by atoms with van der Waals surface area (Å²) >= 11 is 0. The van der Waals surface area contributed by atoms with Crippen molar-refractivity contribution in [3.05, 3.63) is 69.4 Å². The van der Waals surface area contributed by atoms with Crippen LogP contribution in [0.4, 0.5) is 11.6 Å². The number of nitrogens with one attached hydrogen (secondary N) is 1. The van der Waals surface area contributed by atoms with E-state index in [1.165, 1.54) is 18.2 Å². The second-order valence-electron chi connectivity index (χ2n) is 7.87. The van der Waals surface area contributed by atoms with Crippen molar-refractivity contribution in [3.8, 4) is 22.9 Å². The molecular weight excluding hydrogens is 426 g/mol. The van der Waals surface area contributed by atoms with Gasteiger partial charge < -0.3 is 15.2 Å². The lowest BCUT2D eigenvalue weighted by molar-refractivity contribution is -0.384. The zero-order chi connectivity index (χ0) is 23.1. The Kier molecular flexibility index (Phi) is 5.04. The Morgan fingerprint density at radius 1 is 1.27 bits per heavy atom. The molecule has 10 nitrogen and oxygen atoms in total. The molecule has 1 aliphatic carbocycles. The number of fused-ring (bicyclic) bond motifs is 1. The van der Waals surface area contributed by atoms with E-state index in [2.05, 4.69) is 15.4 Å². The van der Waals surface area contributed by atoms with Crippen molar-refractivity contribution >= 4 is 17.4 Å². The summed E-state index contributed by atoms with van der Waals surface area (Å²) in [6.45, 7) is 2.20. The fraction of sp³-hybridized carbons (Fsp3) is 0.261. The molecule has 33 heavy (non-hydrogen) atoms. The summed E-state index contributed by atoms with van der Waals surface area (Å²) in [5, 5.41) is 29.2. The van der Waals surface area contributed by atoms with E-state index < -0.39 is 11.0 Å². The van der Waals surface area contributed by atoms with E-state index in [0.717, 1.165) is 17.7 Å². The average Bonchev–Trinajstić information content (AvgIpc) is 3.23. The van der Waals surface area contributed by atoms with E-state index in [9.17, 15) is 20.0 Å². The molecule has 2 aliphatic rings. The van der Waals surface area contributed by atoms with Crippen LogP contribution < -0.4 is 10.1 Å². The van der Waals surface area contributed by atoms with E-state index in [1.54, 1.807) is 28.9 Å². The van der Waals surface area contributed by atoms with Gasteiger partial charge >= 0.3 is 0 Å². The number of anilines is 1. The molecule has 3 aromatic rings. The minimum atomic E-state index is -0.566. The van der Waals surface area contributed by atoms with Crippen molar-refractivity contribution in [1.82, 2.24) is 14.8 Å². The molecule has 5 rings (SSSR count). The zero-order valence-corrected chi connectivity index (χ0v) is 17.8. The predicted octanol–water partition coefficient (Wildman–Crippen LogP) is 3.98. The van der Waals surface area contributed by atoms with Crippen LogP contribution in [0.5, 0.6) is 11.5 Å². The normalized spacial score (nSPS) is 17.2. The number of hydrogen-bond donors (Lipinski definition) is 2. The maximum Gasteiger partial charge on any atom is 0.270 e. The Balaban J connectivity index is 1.66. The van der Waals surface area contributed by atoms with Gasteiger partial charge in [-0.15, -0.1) is 5.10 Å². The molecule has 1 aromatic heterocycles. The Morgan fingerprint density at radius 3 is 2.91 bits per heavy atom. The monoisotopic (exact) mass is 447 g/mol. The molecule has 0 bridgehead atoms. The number of nitro groups is 1. The van der Waals surface area contributed by atoms with E-state index in [-0.39, 0.29) is 17.2 Å². The SMILES string of the molecule is CCOc1cc(C2C3=C(CCCC3=O)Nc3nc(-c4cccc([N+](=O)[O-])c4)nn32)ccc1O. The number of non-ortho nitro benzene ring substituents is 1. The number of hydrogen-bond acceptors (Lipinski definition) is 8. The van der Waals surface area contributed by atoms with Gasteiger partial charge in [0.2, 0.25) is 5.95 Å². The van der Waals surface area contributed by atoms with Gasteiger partial charge in [0.15, 0.2) is 23.1 Å². The van der Waals surface area contributed by atoms with Crippen LogP contribution in [0.25, 0.3) is 11.4 Å². The number of rotatable bonds is 5. The fourth-order valence-corrected chi connectivity index (χ4v) is 4.32. The predicted molar refractivity (Wildman–Crippen MR) is 119 cm³/mol. The van der Waals surface area contributed by atoms with Gasteiger partial charge in [-0.05, 0) is 37.5 Å². The molecule has 0 amide bonds. The second-order valence-corrected chi connectivity index (χ2v) is 7.87. The number of benzene rings is 2. The molecule has 2 N–H and O–H groups in total. The molecule has 2 aromatic carbocycles. The summed E-state index contributed by atoms with van der Waals surface area (Å²) in [4.78, 5) is 28.3. The molecule has 10 heteroatoms. The van der Waals surface area contributed by atoms with Gasteiger partial charge in [-0.2, -0.15) is 4.98 Å². The van der Waals surface area contributed by atoms with Gasteiger partial charge in [-0.3, -0.25) is 14.9 Å². The number of phenols is 1. The molecule has 1 aliphatic heterocycles. The fourth-order valence-electron chi connectivity index (χ4n) is 4.32.